The Hall–Kier alpha value is -2.68. The Kier molecular flexibility index (Phi) is 5.13. The third-order valence-corrected chi connectivity index (χ3v) is 4.04. The molecule has 0 radical (unpaired) electrons. The topological polar surface area (TPSA) is 85.6 Å². The maximum Gasteiger partial charge on any atom is 0.351 e. The Labute approximate surface area is 155 Å². The van der Waals surface area contributed by atoms with E-state index < -0.39 is 24.1 Å². The van der Waals surface area contributed by atoms with Crippen LogP contribution in [0, 0.1) is 3.57 Å². The number of carbonyl (C=O) groups excluding carboxylic acids is 2. The van der Waals surface area contributed by atoms with Crippen LogP contribution in [0.2, 0.25) is 0 Å². The number of para-hydroxylation sites is 1. The summed E-state index contributed by atoms with van der Waals surface area (Å²) >= 11 is 2.15. The Morgan fingerprint density at radius 3 is 2.56 bits per heavy atom. The SMILES string of the molecule is O=C(COC(=O)c1cc2ccccc2oc1=O)Nc1ccc(I)cc1. The predicted octanol–water partition coefficient (Wildman–Crippen LogP) is 3.19. The highest BCUT2D eigenvalue weighted by Crippen LogP contribution is 2.13. The van der Waals surface area contributed by atoms with Gasteiger partial charge in [-0.3, -0.25) is 4.79 Å². The van der Waals surface area contributed by atoms with E-state index in [1.54, 1.807) is 36.4 Å². The molecule has 0 atom stereocenters. The molecule has 25 heavy (non-hydrogen) atoms. The van der Waals surface area contributed by atoms with Crippen molar-refractivity contribution in [3.8, 4) is 0 Å². The fraction of sp³-hybridized carbons (Fsp3) is 0.0556. The largest absolute Gasteiger partial charge is 0.452 e. The minimum atomic E-state index is -0.905. The second-order valence-electron chi connectivity index (χ2n) is 5.12. The first kappa shape index (κ1) is 17.2. The van der Waals surface area contributed by atoms with E-state index >= 15 is 0 Å². The van der Waals surface area contributed by atoms with Gasteiger partial charge in [-0.15, -0.1) is 0 Å². The van der Waals surface area contributed by atoms with E-state index in [2.05, 4.69) is 27.9 Å². The fourth-order valence-corrected chi connectivity index (χ4v) is 2.50. The van der Waals surface area contributed by atoms with Gasteiger partial charge in [0.05, 0.1) is 0 Å². The highest BCUT2D eigenvalue weighted by atomic mass is 127. The molecule has 6 nitrogen and oxygen atoms in total. The minimum absolute atomic E-state index is 0.249. The average molecular weight is 449 g/mol. The number of nitrogens with one attached hydrogen (secondary N) is 1. The molecule has 1 heterocycles. The number of halogens is 1. The molecule has 0 spiro atoms. The van der Waals surface area contributed by atoms with E-state index in [0.717, 1.165) is 3.57 Å². The van der Waals surface area contributed by atoms with Gasteiger partial charge in [-0.1, -0.05) is 18.2 Å². The van der Waals surface area contributed by atoms with Crippen molar-refractivity contribution in [2.75, 3.05) is 11.9 Å². The highest BCUT2D eigenvalue weighted by molar-refractivity contribution is 14.1. The van der Waals surface area contributed by atoms with Crippen molar-refractivity contribution in [3.63, 3.8) is 0 Å². The van der Waals surface area contributed by atoms with Crippen molar-refractivity contribution in [2.45, 2.75) is 0 Å². The third kappa shape index (κ3) is 4.24. The van der Waals surface area contributed by atoms with Crippen LogP contribution in [0.1, 0.15) is 10.4 Å². The molecule has 0 aliphatic heterocycles. The lowest BCUT2D eigenvalue weighted by Crippen LogP contribution is -2.23. The molecular weight excluding hydrogens is 437 g/mol. The maximum absolute atomic E-state index is 12.0. The van der Waals surface area contributed by atoms with E-state index in [-0.39, 0.29) is 5.56 Å². The quantitative estimate of drug-likeness (QED) is 0.376. The van der Waals surface area contributed by atoms with E-state index in [0.29, 0.717) is 16.7 Å². The second kappa shape index (κ2) is 7.47. The first-order valence-corrected chi connectivity index (χ1v) is 8.36. The standard InChI is InChI=1S/C18H12INO5/c19-12-5-7-13(8-6-12)20-16(21)10-24-17(22)14-9-11-3-1-2-4-15(11)25-18(14)23/h1-9H,10H2,(H,20,21). The van der Waals surface area contributed by atoms with Gasteiger partial charge in [-0.25, -0.2) is 9.59 Å². The molecule has 2 aromatic carbocycles. The van der Waals surface area contributed by atoms with E-state index in [1.165, 1.54) is 6.07 Å². The smallest absolute Gasteiger partial charge is 0.351 e. The third-order valence-electron chi connectivity index (χ3n) is 3.32. The summed E-state index contributed by atoms with van der Waals surface area (Å²) in [6.45, 7) is -0.503. The molecule has 1 amide bonds. The molecule has 0 aliphatic carbocycles. The molecule has 0 bridgehead atoms. The van der Waals surface area contributed by atoms with Gasteiger partial charge in [0, 0.05) is 14.6 Å². The first-order chi connectivity index (χ1) is 12.0. The van der Waals surface area contributed by atoms with E-state index in [9.17, 15) is 14.4 Å². The molecule has 3 aromatic rings. The summed E-state index contributed by atoms with van der Waals surface area (Å²) in [6.07, 6.45) is 0. The summed E-state index contributed by atoms with van der Waals surface area (Å²) in [5.41, 5.74) is -0.0882. The summed E-state index contributed by atoms with van der Waals surface area (Å²) in [7, 11) is 0. The molecule has 7 heteroatoms. The number of amides is 1. The summed E-state index contributed by atoms with van der Waals surface area (Å²) < 4.78 is 11.0. The Balaban J connectivity index is 1.66. The molecule has 3 rings (SSSR count). The van der Waals surface area contributed by atoms with Crippen LogP contribution >= 0.6 is 22.6 Å². The zero-order valence-corrected chi connectivity index (χ0v) is 15.0. The van der Waals surface area contributed by atoms with Crippen molar-refractivity contribution in [1.29, 1.82) is 0 Å². The van der Waals surface area contributed by atoms with Gasteiger partial charge < -0.3 is 14.5 Å². The van der Waals surface area contributed by atoms with Gasteiger partial charge in [0.25, 0.3) is 5.91 Å². The van der Waals surface area contributed by atoms with Crippen LogP contribution in [-0.4, -0.2) is 18.5 Å². The van der Waals surface area contributed by atoms with Gasteiger partial charge in [0.2, 0.25) is 0 Å². The van der Waals surface area contributed by atoms with Crippen LogP contribution in [0.25, 0.3) is 11.0 Å². The van der Waals surface area contributed by atoms with E-state index in [4.69, 9.17) is 9.15 Å². The van der Waals surface area contributed by atoms with Gasteiger partial charge >= 0.3 is 11.6 Å². The van der Waals surface area contributed by atoms with Crippen LogP contribution in [0.3, 0.4) is 0 Å². The minimum Gasteiger partial charge on any atom is -0.452 e. The Morgan fingerprint density at radius 2 is 1.80 bits per heavy atom. The molecule has 1 aromatic heterocycles. The van der Waals surface area contributed by atoms with E-state index in [1.807, 2.05) is 12.1 Å². The Bertz CT molecular complexity index is 994. The molecule has 0 fully saturated rings. The zero-order valence-electron chi connectivity index (χ0n) is 12.8. The molecule has 0 saturated heterocycles. The fourth-order valence-electron chi connectivity index (χ4n) is 2.14. The summed E-state index contributed by atoms with van der Waals surface area (Å²) in [5.74, 6) is -1.41. The van der Waals surface area contributed by atoms with Crippen molar-refractivity contribution >= 4 is 51.1 Å². The van der Waals surface area contributed by atoms with Crippen LogP contribution in [0.15, 0.2) is 63.8 Å². The number of fused-ring (bicyclic) bond motifs is 1. The lowest BCUT2D eigenvalue weighted by molar-refractivity contribution is -0.119. The Morgan fingerprint density at radius 1 is 1.08 bits per heavy atom. The van der Waals surface area contributed by atoms with Crippen LogP contribution in [0.5, 0.6) is 0 Å². The number of anilines is 1. The highest BCUT2D eigenvalue weighted by Gasteiger charge is 2.16. The molecular formula is C18H12INO5. The number of hydrogen-bond donors (Lipinski definition) is 1. The average Bonchev–Trinajstić information content (AvgIpc) is 2.61. The summed E-state index contributed by atoms with van der Waals surface area (Å²) in [5, 5.41) is 3.19. The number of benzene rings is 2. The number of carbonyl (C=O) groups is 2. The predicted molar refractivity (Wildman–Crippen MR) is 101 cm³/mol. The van der Waals surface area contributed by atoms with Crippen molar-refractivity contribution in [2.24, 2.45) is 0 Å². The number of hydrogen-bond acceptors (Lipinski definition) is 5. The zero-order chi connectivity index (χ0) is 17.8. The van der Waals surface area contributed by atoms with Gasteiger partial charge in [-0.2, -0.15) is 0 Å². The van der Waals surface area contributed by atoms with Gasteiger partial charge in [-0.05, 0) is 59.0 Å². The molecule has 126 valence electrons. The summed E-state index contributed by atoms with van der Waals surface area (Å²) in [4.78, 5) is 35.8. The normalized spacial score (nSPS) is 10.4. The monoisotopic (exact) mass is 449 g/mol. The van der Waals surface area contributed by atoms with Crippen molar-refractivity contribution in [3.05, 3.63) is 74.2 Å². The van der Waals surface area contributed by atoms with Crippen molar-refractivity contribution in [1.82, 2.24) is 0 Å². The second-order valence-corrected chi connectivity index (χ2v) is 6.36. The maximum atomic E-state index is 12.0. The lowest BCUT2D eigenvalue weighted by atomic mass is 10.2. The van der Waals surface area contributed by atoms with Gasteiger partial charge in [0.15, 0.2) is 6.61 Å². The summed E-state index contributed by atoms with van der Waals surface area (Å²) in [6, 6.07) is 15.3. The molecule has 0 unspecified atom stereocenters. The van der Waals surface area contributed by atoms with Crippen LogP contribution in [-0.2, 0) is 9.53 Å². The lowest BCUT2D eigenvalue weighted by Gasteiger charge is -2.06. The van der Waals surface area contributed by atoms with Crippen molar-refractivity contribution < 1.29 is 18.7 Å². The van der Waals surface area contributed by atoms with Gasteiger partial charge in [0.1, 0.15) is 11.1 Å². The van der Waals surface area contributed by atoms with Crippen LogP contribution in [0.4, 0.5) is 5.69 Å². The number of ether oxygens (including phenoxy) is 1. The molecule has 0 aliphatic rings. The first-order valence-electron chi connectivity index (χ1n) is 7.28. The molecule has 0 saturated carbocycles. The number of esters is 1. The number of rotatable bonds is 4. The van der Waals surface area contributed by atoms with Crippen LogP contribution < -0.4 is 10.9 Å². The molecule has 1 N–H and O–H groups in total.